The van der Waals surface area contributed by atoms with Crippen LogP contribution in [-0.4, -0.2) is 35.9 Å². The van der Waals surface area contributed by atoms with E-state index in [0.717, 1.165) is 6.42 Å². The molecule has 1 aliphatic rings. The number of hydrogen-bond donors (Lipinski definition) is 1. The monoisotopic (exact) mass is 310 g/mol. The van der Waals surface area contributed by atoms with E-state index in [4.69, 9.17) is 0 Å². The molecular weight excluding hydrogens is 291 g/mol. The van der Waals surface area contributed by atoms with Crippen LogP contribution in [0.25, 0.3) is 0 Å². The number of rotatable bonds is 4. The van der Waals surface area contributed by atoms with E-state index in [-0.39, 0.29) is 22.9 Å². The number of hydrogen-bond acceptors (Lipinski definition) is 3. The Kier molecular flexibility index (Phi) is 5.22. The zero-order chi connectivity index (χ0) is 15.4. The molecular formula is C15H19FN2O2S. The fourth-order valence-corrected chi connectivity index (χ4v) is 2.59. The van der Waals surface area contributed by atoms with Crippen molar-refractivity contribution in [2.24, 2.45) is 0 Å². The zero-order valence-corrected chi connectivity index (χ0v) is 13.0. The van der Waals surface area contributed by atoms with Crippen LogP contribution in [0.2, 0.25) is 0 Å². The van der Waals surface area contributed by atoms with E-state index in [9.17, 15) is 14.0 Å². The van der Waals surface area contributed by atoms with Gasteiger partial charge in [0, 0.05) is 12.2 Å². The maximum atomic E-state index is 13.3. The molecule has 4 nitrogen and oxygen atoms in total. The van der Waals surface area contributed by atoms with E-state index < -0.39 is 6.04 Å². The number of thioether (sulfide) groups is 1. The van der Waals surface area contributed by atoms with Crippen LogP contribution in [0.15, 0.2) is 24.3 Å². The number of nitrogens with one attached hydrogen (secondary N) is 1. The Bertz CT molecular complexity index is 538. The van der Waals surface area contributed by atoms with Crippen molar-refractivity contribution in [2.75, 3.05) is 17.7 Å². The van der Waals surface area contributed by atoms with E-state index in [1.54, 1.807) is 24.0 Å². The Morgan fingerprint density at radius 1 is 1.52 bits per heavy atom. The first-order valence-corrected chi connectivity index (χ1v) is 8.22. The molecule has 6 heteroatoms. The van der Waals surface area contributed by atoms with Crippen molar-refractivity contribution in [3.05, 3.63) is 30.1 Å². The van der Waals surface area contributed by atoms with Gasteiger partial charge in [0.2, 0.25) is 11.8 Å². The molecule has 21 heavy (non-hydrogen) atoms. The van der Waals surface area contributed by atoms with Gasteiger partial charge in [-0.1, -0.05) is 6.07 Å². The number of nitrogens with zero attached hydrogens (tertiary/aromatic N) is 1. The maximum absolute atomic E-state index is 13.3. The van der Waals surface area contributed by atoms with Crippen molar-refractivity contribution in [3.63, 3.8) is 0 Å². The van der Waals surface area contributed by atoms with Gasteiger partial charge in [-0.05, 0) is 44.2 Å². The summed E-state index contributed by atoms with van der Waals surface area (Å²) in [6.45, 7) is 2.35. The second kappa shape index (κ2) is 6.93. The third kappa shape index (κ3) is 3.75. The van der Waals surface area contributed by atoms with Gasteiger partial charge in [-0.25, -0.2) is 4.39 Å². The number of halogens is 1. The van der Waals surface area contributed by atoms with Crippen LogP contribution in [0.1, 0.15) is 19.8 Å². The topological polar surface area (TPSA) is 49.4 Å². The second-order valence-corrected chi connectivity index (χ2v) is 6.23. The van der Waals surface area contributed by atoms with Gasteiger partial charge in [-0.3, -0.25) is 9.59 Å². The molecule has 0 bridgehead atoms. The summed E-state index contributed by atoms with van der Waals surface area (Å²) in [5.41, 5.74) is 0.539. The normalized spacial score (nSPS) is 20.2. The summed E-state index contributed by atoms with van der Waals surface area (Å²) >= 11 is 1.44. The molecule has 0 saturated carbocycles. The minimum Gasteiger partial charge on any atom is -0.343 e. The predicted molar refractivity (Wildman–Crippen MR) is 82.9 cm³/mol. The Balaban J connectivity index is 2.09. The van der Waals surface area contributed by atoms with Crippen LogP contribution in [0.4, 0.5) is 10.1 Å². The van der Waals surface area contributed by atoms with Gasteiger partial charge in [0.05, 0.1) is 5.25 Å². The first-order valence-electron chi connectivity index (χ1n) is 6.93. The number of piperidine rings is 1. The Labute approximate surface area is 128 Å². The summed E-state index contributed by atoms with van der Waals surface area (Å²) in [7, 11) is 0. The molecule has 0 radical (unpaired) electrons. The van der Waals surface area contributed by atoms with E-state index >= 15 is 0 Å². The number of anilines is 1. The van der Waals surface area contributed by atoms with Crippen molar-refractivity contribution < 1.29 is 14.0 Å². The fourth-order valence-electron chi connectivity index (χ4n) is 2.31. The minimum atomic E-state index is -0.524. The molecule has 1 heterocycles. The fraction of sp³-hybridized carbons (Fsp3) is 0.467. The lowest BCUT2D eigenvalue weighted by Crippen LogP contribution is -2.53. The maximum Gasteiger partial charge on any atom is 0.249 e. The smallest absolute Gasteiger partial charge is 0.249 e. The number of benzene rings is 1. The Hall–Kier alpha value is -1.56. The van der Waals surface area contributed by atoms with E-state index in [2.05, 4.69) is 5.32 Å². The van der Waals surface area contributed by atoms with Crippen molar-refractivity contribution >= 4 is 29.3 Å². The molecule has 114 valence electrons. The van der Waals surface area contributed by atoms with Crippen molar-refractivity contribution in [2.45, 2.75) is 31.1 Å². The lowest BCUT2D eigenvalue weighted by Gasteiger charge is -2.33. The van der Waals surface area contributed by atoms with Gasteiger partial charge in [0.25, 0.3) is 0 Å². The quantitative estimate of drug-likeness (QED) is 0.927. The van der Waals surface area contributed by atoms with Crippen molar-refractivity contribution in [3.8, 4) is 0 Å². The Morgan fingerprint density at radius 3 is 2.95 bits per heavy atom. The van der Waals surface area contributed by atoms with Crippen molar-refractivity contribution in [1.82, 2.24) is 5.32 Å². The van der Waals surface area contributed by atoms with Crippen molar-refractivity contribution in [1.29, 1.82) is 0 Å². The molecule has 2 amide bonds. The lowest BCUT2D eigenvalue weighted by molar-refractivity contribution is -0.128. The highest BCUT2D eigenvalue weighted by Gasteiger charge is 2.31. The van der Waals surface area contributed by atoms with Crippen LogP contribution in [-0.2, 0) is 9.59 Å². The predicted octanol–water partition coefficient (Wildman–Crippen LogP) is 2.19. The van der Waals surface area contributed by atoms with Crippen LogP contribution in [0.5, 0.6) is 0 Å². The third-order valence-corrected chi connectivity index (χ3v) is 4.52. The highest BCUT2D eigenvalue weighted by molar-refractivity contribution is 7.99. The van der Waals surface area contributed by atoms with Crippen LogP contribution in [0, 0.1) is 5.82 Å². The summed E-state index contributed by atoms with van der Waals surface area (Å²) in [4.78, 5) is 25.9. The summed E-state index contributed by atoms with van der Waals surface area (Å²) in [5.74, 6) is -0.682. The molecule has 1 aliphatic heterocycles. The first-order chi connectivity index (χ1) is 10.0. The molecule has 1 N–H and O–H groups in total. The van der Waals surface area contributed by atoms with Gasteiger partial charge in [-0.15, -0.1) is 0 Å². The number of carbonyl (C=O) groups is 2. The first kappa shape index (κ1) is 15.8. The lowest BCUT2D eigenvalue weighted by atomic mass is 10.0. The zero-order valence-electron chi connectivity index (χ0n) is 12.1. The molecule has 1 saturated heterocycles. The van der Waals surface area contributed by atoms with Crippen LogP contribution >= 0.6 is 11.8 Å². The standard InChI is InChI=1S/C15H19FN2O2S/c1-10(21-2)14(19)17-13-7-4-8-18(15(13)20)12-6-3-5-11(16)9-12/h3,5-6,9-10,13H,4,7-8H2,1-2H3,(H,17,19). The average molecular weight is 310 g/mol. The highest BCUT2D eigenvalue weighted by atomic mass is 32.2. The SMILES string of the molecule is CSC(C)C(=O)NC1CCCN(c2cccc(F)c2)C1=O. The second-order valence-electron chi connectivity index (χ2n) is 5.05. The molecule has 1 aromatic rings. The largest absolute Gasteiger partial charge is 0.343 e. The Morgan fingerprint density at radius 2 is 2.29 bits per heavy atom. The van der Waals surface area contributed by atoms with E-state index in [0.29, 0.717) is 18.7 Å². The van der Waals surface area contributed by atoms with Gasteiger partial charge in [0.1, 0.15) is 11.9 Å². The summed E-state index contributed by atoms with van der Waals surface area (Å²) < 4.78 is 13.3. The summed E-state index contributed by atoms with van der Waals surface area (Å²) in [6.07, 6.45) is 3.25. The molecule has 2 rings (SSSR count). The van der Waals surface area contributed by atoms with Crippen LogP contribution in [0.3, 0.4) is 0 Å². The van der Waals surface area contributed by atoms with Crippen LogP contribution < -0.4 is 10.2 Å². The van der Waals surface area contributed by atoms with Gasteiger partial charge in [-0.2, -0.15) is 11.8 Å². The van der Waals surface area contributed by atoms with Gasteiger partial charge < -0.3 is 10.2 Å². The van der Waals surface area contributed by atoms with Gasteiger partial charge >= 0.3 is 0 Å². The summed E-state index contributed by atoms with van der Waals surface area (Å²) in [6, 6.07) is 5.44. The van der Waals surface area contributed by atoms with E-state index in [1.165, 1.54) is 23.9 Å². The molecule has 2 atom stereocenters. The molecule has 0 aromatic heterocycles. The third-order valence-electron chi connectivity index (χ3n) is 3.60. The molecule has 1 aromatic carbocycles. The van der Waals surface area contributed by atoms with E-state index in [1.807, 2.05) is 6.26 Å². The number of carbonyl (C=O) groups excluding carboxylic acids is 2. The average Bonchev–Trinajstić information content (AvgIpc) is 2.48. The molecule has 0 spiro atoms. The highest BCUT2D eigenvalue weighted by Crippen LogP contribution is 2.22. The molecule has 2 unspecified atom stereocenters. The summed E-state index contributed by atoms with van der Waals surface area (Å²) in [5, 5.41) is 2.60. The number of amides is 2. The molecule has 1 fully saturated rings. The molecule has 0 aliphatic carbocycles. The van der Waals surface area contributed by atoms with Gasteiger partial charge in [0.15, 0.2) is 0 Å². The minimum absolute atomic E-state index is 0.137.